The molecule has 0 aromatic heterocycles. The first-order valence-corrected chi connectivity index (χ1v) is 7.67. The van der Waals surface area contributed by atoms with Gasteiger partial charge in [-0.15, -0.1) is 0 Å². The first-order valence-electron chi connectivity index (χ1n) is 7.29. The highest BCUT2D eigenvalue weighted by Crippen LogP contribution is 2.48. The minimum Gasteiger partial charge on any atom is -0.307 e. The summed E-state index contributed by atoms with van der Waals surface area (Å²) >= 11 is 6.25. The number of likely N-dealkylation sites (N-methyl/N-ethyl adjacent to an activating group) is 1. The predicted molar refractivity (Wildman–Crippen MR) is 87.0 cm³/mol. The number of nitrogens with zero attached hydrogens (tertiary/aromatic N) is 2. The van der Waals surface area contributed by atoms with Gasteiger partial charge in [-0.25, -0.2) is 4.79 Å². The molecule has 2 aliphatic rings. The fourth-order valence-corrected chi connectivity index (χ4v) is 3.85. The van der Waals surface area contributed by atoms with E-state index in [1.165, 1.54) is 0 Å². The number of carbonyl (C=O) groups excluding carboxylic acids is 1. The quantitative estimate of drug-likeness (QED) is 0.876. The van der Waals surface area contributed by atoms with Crippen LogP contribution in [0.5, 0.6) is 0 Å². The van der Waals surface area contributed by atoms with Crippen molar-refractivity contribution in [3.8, 4) is 0 Å². The van der Waals surface area contributed by atoms with Gasteiger partial charge < -0.3 is 5.32 Å². The fourth-order valence-electron chi connectivity index (χ4n) is 3.68. The summed E-state index contributed by atoms with van der Waals surface area (Å²) in [7, 11) is 2.05. The second-order valence-electron chi connectivity index (χ2n) is 5.73. The lowest BCUT2D eigenvalue weighted by Gasteiger charge is -2.47. The summed E-state index contributed by atoms with van der Waals surface area (Å²) in [5.74, 6) is 0. The van der Waals surface area contributed by atoms with E-state index in [-0.39, 0.29) is 6.03 Å². The Balaban J connectivity index is 2.06. The molecule has 1 fully saturated rings. The van der Waals surface area contributed by atoms with Crippen LogP contribution in [0.15, 0.2) is 48.5 Å². The maximum absolute atomic E-state index is 12.6. The molecule has 2 aromatic rings. The zero-order chi connectivity index (χ0) is 15.3. The van der Waals surface area contributed by atoms with Gasteiger partial charge in [-0.05, 0) is 30.8 Å². The van der Waals surface area contributed by atoms with Crippen LogP contribution in [0.3, 0.4) is 0 Å². The van der Waals surface area contributed by atoms with Gasteiger partial charge in [-0.1, -0.05) is 41.9 Å². The first kappa shape index (κ1) is 13.6. The number of hydrogen-bond acceptors (Lipinski definition) is 2. The van der Waals surface area contributed by atoms with Crippen LogP contribution in [0, 0.1) is 0 Å². The van der Waals surface area contributed by atoms with Gasteiger partial charge in [0.1, 0.15) is 0 Å². The van der Waals surface area contributed by atoms with Crippen molar-refractivity contribution in [1.29, 1.82) is 0 Å². The van der Waals surface area contributed by atoms with Gasteiger partial charge in [-0.2, -0.15) is 0 Å². The lowest BCUT2D eigenvalue weighted by Crippen LogP contribution is -2.56. The topological polar surface area (TPSA) is 35.6 Å². The lowest BCUT2D eigenvalue weighted by atomic mass is 9.87. The normalized spacial score (nSPS) is 23.9. The van der Waals surface area contributed by atoms with E-state index in [1.54, 1.807) is 0 Å². The summed E-state index contributed by atoms with van der Waals surface area (Å²) in [6.07, 6.45) is 0. The number of carbonyl (C=O) groups is 1. The third kappa shape index (κ3) is 1.65. The van der Waals surface area contributed by atoms with Crippen molar-refractivity contribution in [2.45, 2.75) is 5.66 Å². The number of nitrogens with one attached hydrogen (secondary N) is 1. The second kappa shape index (κ2) is 4.73. The Morgan fingerprint density at radius 3 is 2.68 bits per heavy atom. The molecule has 0 bridgehead atoms. The average molecular weight is 314 g/mol. The van der Waals surface area contributed by atoms with Gasteiger partial charge in [-0.3, -0.25) is 9.80 Å². The highest BCUT2D eigenvalue weighted by molar-refractivity contribution is 6.30. The Morgan fingerprint density at radius 2 is 1.91 bits per heavy atom. The average Bonchev–Trinajstić information content (AvgIpc) is 2.89. The van der Waals surface area contributed by atoms with Crippen molar-refractivity contribution in [2.75, 3.05) is 25.5 Å². The fraction of sp³-hybridized carbons (Fsp3) is 0.235. The SMILES string of the molecule is CN1CCN2C(=O)Nc3ccc(Cl)cc3C12c1ccccc1. The van der Waals surface area contributed by atoms with Crippen LogP contribution in [0.4, 0.5) is 10.5 Å². The van der Waals surface area contributed by atoms with E-state index >= 15 is 0 Å². The molecule has 4 rings (SSSR count). The molecular weight excluding hydrogens is 298 g/mol. The number of amides is 2. The number of hydrogen-bond donors (Lipinski definition) is 1. The van der Waals surface area contributed by atoms with E-state index in [0.717, 1.165) is 23.4 Å². The molecule has 1 N–H and O–H groups in total. The van der Waals surface area contributed by atoms with Gasteiger partial charge in [0.25, 0.3) is 0 Å². The monoisotopic (exact) mass is 313 g/mol. The molecule has 2 heterocycles. The third-order valence-corrected chi connectivity index (χ3v) is 4.86. The summed E-state index contributed by atoms with van der Waals surface area (Å²) in [4.78, 5) is 16.7. The van der Waals surface area contributed by atoms with Crippen LogP contribution in [0.25, 0.3) is 0 Å². The molecule has 2 aromatic carbocycles. The van der Waals surface area contributed by atoms with Crippen molar-refractivity contribution >= 4 is 23.3 Å². The van der Waals surface area contributed by atoms with Crippen LogP contribution in [0.1, 0.15) is 11.1 Å². The molecule has 5 heteroatoms. The van der Waals surface area contributed by atoms with E-state index in [2.05, 4.69) is 29.4 Å². The molecular formula is C17H16ClN3O. The molecule has 2 aliphatic heterocycles. The lowest BCUT2D eigenvalue weighted by molar-refractivity contribution is 0.0922. The largest absolute Gasteiger partial charge is 0.323 e. The molecule has 1 unspecified atom stereocenters. The molecule has 4 nitrogen and oxygen atoms in total. The maximum Gasteiger partial charge on any atom is 0.323 e. The van der Waals surface area contributed by atoms with Crippen molar-refractivity contribution in [3.05, 3.63) is 64.7 Å². The number of fused-ring (bicyclic) bond motifs is 3. The van der Waals surface area contributed by atoms with E-state index in [9.17, 15) is 4.79 Å². The molecule has 0 saturated carbocycles. The Hall–Kier alpha value is -2.04. The van der Waals surface area contributed by atoms with Gasteiger partial charge in [0.2, 0.25) is 0 Å². The zero-order valence-electron chi connectivity index (χ0n) is 12.2. The van der Waals surface area contributed by atoms with Crippen LogP contribution in [0.2, 0.25) is 5.02 Å². The van der Waals surface area contributed by atoms with E-state index in [1.807, 2.05) is 41.3 Å². The zero-order valence-corrected chi connectivity index (χ0v) is 13.0. The number of anilines is 1. The van der Waals surface area contributed by atoms with Crippen molar-refractivity contribution in [3.63, 3.8) is 0 Å². The Bertz CT molecular complexity index is 749. The van der Waals surface area contributed by atoms with Crippen molar-refractivity contribution in [1.82, 2.24) is 9.80 Å². The summed E-state index contributed by atoms with van der Waals surface area (Å²) in [5.41, 5.74) is 2.33. The van der Waals surface area contributed by atoms with Crippen LogP contribution >= 0.6 is 11.6 Å². The summed E-state index contributed by atoms with van der Waals surface area (Å²) in [6.45, 7) is 1.50. The Labute approximate surface area is 134 Å². The van der Waals surface area contributed by atoms with Crippen LogP contribution < -0.4 is 5.32 Å². The molecule has 0 aliphatic carbocycles. The summed E-state index contributed by atoms with van der Waals surface area (Å²) < 4.78 is 0. The summed E-state index contributed by atoms with van der Waals surface area (Å²) in [5, 5.41) is 3.65. The Morgan fingerprint density at radius 1 is 1.14 bits per heavy atom. The molecule has 0 spiro atoms. The molecule has 1 saturated heterocycles. The van der Waals surface area contributed by atoms with Crippen LogP contribution in [-0.4, -0.2) is 36.0 Å². The molecule has 112 valence electrons. The van der Waals surface area contributed by atoms with E-state index < -0.39 is 5.66 Å². The minimum absolute atomic E-state index is 0.0666. The van der Waals surface area contributed by atoms with Crippen molar-refractivity contribution in [2.24, 2.45) is 0 Å². The molecule has 22 heavy (non-hydrogen) atoms. The predicted octanol–water partition coefficient (Wildman–Crippen LogP) is 3.33. The first-order chi connectivity index (χ1) is 10.6. The third-order valence-electron chi connectivity index (χ3n) is 4.62. The number of halogens is 1. The van der Waals surface area contributed by atoms with Crippen LogP contribution in [-0.2, 0) is 5.66 Å². The Kier molecular flexibility index (Phi) is 2.93. The van der Waals surface area contributed by atoms with Gasteiger partial charge in [0.15, 0.2) is 5.66 Å². The molecule has 2 amide bonds. The van der Waals surface area contributed by atoms with Gasteiger partial charge in [0.05, 0.1) is 0 Å². The molecule has 0 radical (unpaired) electrons. The highest BCUT2D eigenvalue weighted by Gasteiger charge is 2.54. The maximum atomic E-state index is 12.6. The minimum atomic E-state index is -0.593. The standard InChI is InChI=1S/C17H16ClN3O/c1-20-9-10-21-16(22)19-15-8-7-13(18)11-14(15)17(20,21)12-5-3-2-4-6-12/h2-8,11H,9-10H2,1H3,(H,19,22). The number of benzene rings is 2. The second-order valence-corrected chi connectivity index (χ2v) is 6.17. The number of urea groups is 1. The van der Waals surface area contributed by atoms with Crippen molar-refractivity contribution < 1.29 is 4.79 Å². The summed E-state index contributed by atoms with van der Waals surface area (Å²) in [6, 6.07) is 15.7. The van der Waals surface area contributed by atoms with E-state index in [0.29, 0.717) is 11.6 Å². The highest BCUT2D eigenvalue weighted by atomic mass is 35.5. The van der Waals surface area contributed by atoms with Gasteiger partial charge >= 0.3 is 6.03 Å². The molecule has 1 atom stereocenters. The smallest absolute Gasteiger partial charge is 0.307 e. The van der Waals surface area contributed by atoms with Gasteiger partial charge in [0, 0.05) is 29.4 Å². The number of rotatable bonds is 1. The van der Waals surface area contributed by atoms with E-state index in [4.69, 9.17) is 11.6 Å².